The minimum absolute atomic E-state index is 0.117. The van der Waals surface area contributed by atoms with E-state index >= 15 is 0 Å². The van der Waals surface area contributed by atoms with Gasteiger partial charge in [-0.1, -0.05) is 12.1 Å². The van der Waals surface area contributed by atoms with E-state index < -0.39 is 0 Å². The van der Waals surface area contributed by atoms with Gasteiger partial charge in [-0.25, -0.2) is 4.39 Å². The van der Waals surface area contributed by atoms with Crippen molar-refractivity contribution in [3.05, 3.63) is 46.9 Å². The van der Waals surface area contributed by atoms with Crippen molar-refractivity contribution in [1.82, 2.24) is 4.37 Å². The highest BCUT2D eigenvalue weighted by Crippen LogP contribution is 2.32. The summed E-state index contributed by atoms with van der Waals surface area (Å²) >= 11 is 1.34. The first kappa shape index (κ1) is 14.0. The van der Waals surface area contributed by atoms with E-state index in [2.05, 4.69) is 15.3 Å². The molecule has 1 aromatic carbocycles. The molecular weight excluding hydrogens is 289 g/mol. The molecule has 0 spiro atoms. The van der Waals surface area contributed by atoms with Gasteiger partial charge in [-0.15, -0.1) is 0 Å². The molecule has 1 aliphatic heterocycles. The summed E-state index contributed by atoms with van der Waals surface area (Å²) in [5, 5.41) is 10.1. The predicted molar refractivity (Wildman–Crippen MR) is 78.9 cm³/mol. The Morgan fingerprint density at radius 1 is 1.43 bits per heavy atom. The van der Waals surface area contributed by atoms with Gasteiger partial charge in [0.2, 0.25) is 0 Å². The van der Waals surface area contributed by atoms with Gasteiger partial charge in [0.15, 0.2) is 0 Å². The van der Waals surface area contributed by atoms with Crippen LogP contribution in [0.15, 0.2) is 24.3 Å². The maximum absolute atomic E-state index is 13.0. The average molecular weight is 303 g/mol. The molecule has 0 saturated carbocycles. The molecule has 3 rings (SSSR count). The smallest absolute Gasteiger partial charge is 0.130 e. The number of rotatable bonds is 2. The lowest BCUT2D eigenvalue weighted by Crippen LogP contribution is -2.38. The van der Waals surface area contributed by atoms with Crippen LogP contribution in [0.1, 0.15) is 22.9 Å². The molecule has 4 nitrogen and oxygen atoms in total. The summed E-state index contributed by atoms with van der Waals surface area (Å²) in [5.74, 6) is -0.253. The lowest BCUT2D eigenvalue weighted by atomic mass is 10.1. The Morgan fingerprint density at radius 3 is 2.90 bits per heavy atom. The molecule has 108 valence electrons. The Kier molecular flexibility index (Phi) is 3.86. The third kappa shape index (κ3) is 2.75. The van der Waals surface area contributed by atoms with E-state index in [1.165, 1.54) is 23.7 Å². The summed E-state index contributed by atoms with van der Waals surface area (Å²) in [7, 11) is 0. The number of nitrogens with zero attached hydrogens (tertiary/aromatic N) is 3. The molecule has 1 fully saturated rings. The molecule has 1 atom stereocenters. The Bertz CT molecular complexity index is 677. The summed E-state index contributed by atoms with van der Waals surface area (Å²) in [6, 6.07) is 8.58. The van der Waals surface area contributed by atoms with E-state index in [1.807, 2.05) is 6.92 Å². The number of aryl methyl sites for hydroxylation is 1. The van der Waals surface area contributed by atoms with Crippen molar-refractivity contribution in [3.8, 4) is 6.07 Å². The van der Waals surface area contributed by atoms with Crippen molar-refractivity contribution >= 4 is 16.5 Å². The van der Waals surface area contributed by atoms with Crippen molar-refractivity contribution < 1.29 is 9.13 Å². The van der Waals surface area contributed by atoms with E-state index in [0.29, 0.717) is 18.7 Å². The molecule has 0 aliphatic carbocycles. The topological polar surface area (TPSA) is 49.2 Å². The molecule has 0 radical (unpaired) electrons. The molecule has 2 aromatic rings. The van der Waals surface area contributed by atoms with Crippen LogP contribution in [0.2, 0.25) is 0 Å². The summed E-state index contributed by atoms with van der Waals surface area (Å²) in [6.07, 6.45) is -0.117. The second-order valence-corrected chi connectivity index (χ2v) is 5.67. The summed E-state index contributed by atoms with van der Waals surface area (Å²) in [5.41, 5.74) is 2.35. The fourth-order valence-corrected chi connectivity index (χ4v) is 3.30. The SMILES string of the molecule is Cc1nsc(N2CCO[C@H](c3ccc(F)cc3)C2)c1C#N. The monoisotopic (exact) mass is 303 g/mol. The quantitative estimate of drug-likeness (QED) is 0.855. The van der Waals surface area contributed by atoms with Gasteiger partial charge in [0.1, 0.15) is 28.6 Å². The number of aromatic nitrogens is 1. The van der Waals surface area contributed by atoms with E-state index in [9.17, 15) is 9.65 Å². The molecule has 1 saturated heterocycles. The molecule has 21 heavy (non-hydrogen) atoms. The number of hydrogen-bond acceptors (Lipinski definition) is 5. The van der Waals surface area contributed by atoms with Crippen molar-refractivity contribution in [2.75, 3.05) is 24.6 Å². The first-order chi connectivity index (χ1) is 10.2. The van der Waals surface area contributed by atoms with E-state index in [0.717, 1.165) is 22.8 Å². The van der Waals surface area contributed by atoms with Crippen LogP contribution < -0.4 is 4.90 Å². The van der Waals surface area contributed by atoms with Gasteiger partial charge in [0, 0.05) is 13.1 Å². The summed E-state index contributed by atoms with van der Waals surface area (Å²) in [6.45, 7) is 3.79. The van der Waals surface area contributed by atoms with Gasteiger partial charge in [-0.2, -0.15) is 9.64 Å². The van der Waals surface area contributed by atoms with Gasteiger partial charge in [0.25, 0.3) is 0 Å². The van der Waals surface area contributed by atoms with Gasteiger partial charge in [-0.3, -0.25) is 0 Å². The molecule has 1 aromatic heterocycles. The van der Waals surface area contributed by atoms with E-state index in [-0.39, 0.29) is 11.9 Å². The Balaban J connectivity index is 1.83. The van der Waals surface area contributed by atoms with Crippen LogP contribution in [-0.2, 0) is 4.74 Å². The molecule has 0 amide bonds. The zero-order chi connectivity index (χ0) is 14.8. The minimum atomic E-state index is -0.253. The standard InChI is InChI=1S/C15H14FN3OS/c1-10-13(8-17)15(21-18-10)19-6-7-20-14(9-19)11-2-4-12(16)5-3-11/h2-5,14H,6-7,9H2,1H3/t14-/m0/s1. The van der Waals surface area contributed by atoms with Crippen molar-refractivity contribution in [2.24, 2.45) is 0 Å². The van der Waals surface area contributed by atoms with Crippen LogP contribution in [0.3, 0.4) is 0 Å². The fraction of sp³-hybridized carbons (Fsp3) is 0.333. The highest BCUT2D eigenvalue weighted by Gasteiger charge is 2.26. The van der Waals surface area contributed by atoms with Crippen molar-refractivity contribution in [2.45, 2.75) is 13.0 Å². The third-order valence-electron chi connectivity index (χ3n) is 3.55. The molecule has 0 N–H and O–H groups in total. The van der Waals surface area contributed by atoms with Gasteiger partial charge >= 0.3 is 0 Å². The molecule has 1 aliphatic rings. The molecule has 6 heteroatoms. The number of nitriles is 1. The Hall–Kier alpha value is -1.97. The maximum atomic E-state index is 13.0. The first-order valence-corrected chi connectivity index (χ1v) is 7.45. The molecular formula is C15H14FN3OS. The van der Waals surface area contributed by atoms with Crippen molar-refractivity contribution in [3.63, 3.8) is 0 Å². The van der Waals surface area contributed by atoms with Gasteiger partial charge < -0.3 is 9.64 Å². The van der Waals surface area contributed by atoms with Gasteiger partial charge in [-0.05, 0) is 36.2 Å². The highest BCUT2D eigenvalue weighted by atomic mass is 32.1. The third-order valence-corrected chi connectivity index (χ3v) is 4.55. The van der Waals surface area contributed by atoms with Crippen LogP contribution in [0.4, 0.5) is 9.39 Å². The lowest BCUT2D eigenvalue weighted by Gasteiger charge is -2.33. The van der Waals surface area contributed by atoms with Crippen LogP contribution >= 0.6 is 11.5 Å². The highest BCUT2D eigenvalue weighted by molar-refractivity contribution is 7.10. The van der Waals surface area contributed by atoms with Crippen molar-refractivity contribution in [1.29, 1.82) is 5.26 Å². The maximum Gasteiger partial charge on any atom is 0.130 e. The molecule has 2 heterocycles. The second-order valence-electron chi connectivity index (χ2n) is 4.92. The Labute approximate surface area is 126 Å². The molecule has 0 unspecified atom stereocenters. The Morgan fingerprint density at radius 2 is 2.19 bits per heavy atom. The summed E-state index contributed by atoms with van der Waals surface area (Å²) < 4.78 is 23.0. The first-order valence-electron chi connectivity index (χ1n) is 6.67. The number of morpholine rings is 1. The number of hydrogen-bond donors (Lipinski definition) is 0. The van der Waals surface area contributed by atoms with Crippen LogP contribution in [0.5, 0.6) is 0 Å². The average Bonchev–Trinajstić information content (AvgIpc) is 2.89. The van der Waals surface area contributed by atoms with Crippen LogP contribution in [0.25, 0.3) is 0 Å². The number of benzene rings is 1. The number of anilines is 1. The zero-order valence-electron chi connectivity index (χ0n) is 11.5. The predicted octanol–water partition coefficient (Wildman–Crippen LogP) is 3.04. The second kappa shape index (κ2) is 5.80. The number of ether oxygens (including phenoxy) is 1. The van der Waals surface area contributed by atoms with Gasteiger partial charge in [0.05, 0.1) is 12.3 Å². The largest absolute Gasteiger partial charge is 0.370 e. The minimum Gasteiger partial charge on any atom is -0.370 e. The van der Waals surface area contributed by atoms with E-state index in [1.54, 1.807) is 12.1 Å². The van der Waals surface area contributed by atoms with Crippen LogP contribution in [-0.4, -0.2) is 24.1 Å². The fourth-order valence-electron chi connectivity index (χ4n) is 2.42. The normalized spacial score (nSPS) is 18.5. The van der Waals surface area contributed by atoms with Crippen LogP contribution in [0, 0.1) is 24.1 Å². The summed E-state index contributed by atoms with van der Waals surface area (Å²) in [4.78, 5) is 2.13. The molecule has 0 bridgehead atoms. The van der Waals surface area contributed by atoms with E-state index in [4.69, 9.17) is 4.74 Å². The number of halogens is 1. The zero-order valence-corrected chi connectivity index (χ0v) is 12.4. The lowest BCUT2D eigenvalue weighted by molar-refractivity contribution is 0.0400.